The van der Waals surface area contributed by atoms with Crippen LogP contribution < -0.4 is 5.73 Å². The van der Waals surface area contributed by atoms with Gasteiger partial charge in [0.25, 0.3) is 0 Å². The molecule has 1 aromatic heterocycles. The Hall–Kier alpha value is -0.720. The second-order valence-corrected chi connectivity index (χ2v) is 6.27. The summed E-state index contributed by atoms with van der Waals surface area (Å²) in [6, 6.07) is 0. The summed E-state index contributed by atoms with van der Waals surface area (Å²) in [5, 5.41) is 9.46. The lowest BCUT2D eigenvalue weighted by Crippen LogP contribution is -2.56. The molecule has 1 aromatic rings. The lowest BCUT2D eigenvalue weighted by atomic mass is 9.75. The first-order valence-electron chi connectivity index (χ1n) is 5.96. The highest BCUT2D eigenvalue weighted by Gasteiger charge is 2.39. The molecule has 1 heterocycles. The van der Waals surface area contributed by atoms with E-state index in [1.807, 2.05) is 0 Å². The van der Waals surface area contributed by atoms with Crippen molar-refractivity contribution >= 4 is 16.5 Å². The number of likely N-dealkylation sites (N-methyl/N-ethyl adjacent to an activating group) is 2. The zero-order valence-electron chi connectivity index (χ0n) is 10.8. The summed E-state index contributed by atoms with van der Waals surface area (Å²) in [5.41, 5.74) is 5.95. The van der Waals surface area contributed by atoms with E-state index < -0.39 is 0 Å². The van der Waals surface area contributed by atoms with Gasteiger partial charge < -0.3 is 10.6 Å². The van der Waals surface area contributed by atoms with Crippen molar-refractivity contribution < 1.29 is 0 Å². The summed E-state index contributed by atoms with van der Waals surface area (Å²) in [6.07, 6.45) is 3.93. The normalized spacial score (nSPS) is 18.6. The summed E-state index contributed by atoms with van der Waals surface area (Å²) in [6.45, 7) is 1.92. The summed E-state index contributed by atoms with van der Waals surface area (Å²) in [7, 11) is 6.49. The summed E-state index contributed by atoms with van der Waals surface area (Å²) in [4.78, 5) is 4.68. The van der Waals surface area contributed by atoms with Crippen LogP contribution in [0.2, 0.25) is 0 Å². The number of nitrogen functional groups attached to an aromatic ring is 1. The lowest BCUT2D eigenvalue weighted by molar-refractivity contribution is 0.0258. The predicted octanol–water partition coefficient (Wildman–Crippen LogP) is 1.04. The molecule has 0 amide bonds. The molecule has 0 spiro atoms. The Bertz CT molecular complexity index is 372. The van der Waals surface area contributed by atoms with E-state index in [1.165, 1.54) is 30.6 Å². The molecular formula is C11H21N5S. The van der Waals surface area contributed by atoms with Crippen molar-refractivity contribution in [1.82, 2.24) is 20.0 Å². The third kappa shape index (κ3) is 2.75. The Balaban J connectivity index is 1.90. The van der Waals surface area contributed by atoms with Gasteiger partial charge in [-0.05, 0) is 40.4 Å². The van der Waals surface area contributed by atoms with Gasteiger partial charge in [-0.2, -0.15) is 0 Å². The van der Waals surface area contributed by atoms with Crippen LogP contribution in [0.25, 0.3) is 0 Å². The van der Waals surface area contributed by atoms with Gasteiger partial charge >= 0.3 is 0 Å². The van der Waals surface area contributed by atoms with Crippen molar-refractivity contribution in [3.8, 4) is 0 Å². The smallest absolute Gasteiger partial charge is 0.203 e. The second-order valence-electron chi connectivity index (χ2n) is 5.18. The molecule has 0 aliphatic heterocycles. The molecule has 1 aliphatic carbocycles. The fraction of sp³-hybridized carbons (Fsp3) is 0.818. The van der Waals surface area contributed by atoms with Crippen molar-refractivity contribution in [1.29, 1.82) is 0 Å². The first-order valence-corrected chi connectivity index (χ1v) is 6.77. The average molecular weight is 255 g/mol. The van der Waals surface area contributed by atoms with Gasteiger partial charge in [-0.3, -0.25) is 4.90 Å². The summed E-state index contributed by atoms with van der Waals surface area (Å²) >= 11 is 1.48. The molecule has 1 saturated carbocycles. The van der Waals surface area contributed by atoms with Gasteiger partial charge in [-0.25, -0.2) is 0 Å². The molecule has 1 fully saturated rings. The van der Waals surface area contributed by atoms with E-state index in [0.29, 0.717) is 10.7 Å². The fourth-order valence-corrected chi connectivity index (χ4v) is 3.14. The largest absolute Gasteiger partial charge is 0.374 e. The highest BCUT2D eigenvalue weighted by Crippen LogP contribution is 2.36. The van der Waals surface area contributed by atoms with Crippen LogP contribution in [0.5, 0.6) is 0 Å². The molecule has 0 bridgehead atoms. The molecule has 2 N–H and O–H groups in total. The number of hydrogen-bond donors (Lipinski definition) is 1. The molecule has 17 heavy (non-hydrogen) atoms. The topological polar surface area (TPSA) is 58.3 Å². The quantitative estimate of drug-likeness (QED) is 0.852. The molecule has 5 nitrogen and oxygen atoms in total. The van der Waals surface area contributed by atoms with Crippen LogP contribution in [0, 0.1) is 0 Å². The predicted molar refractivity (Wildman–Crippen MR) is 70.9 cm³/mol. The van der Waals surface area contributed by atoms with Gasteiger partial charge in [0, 0.05) is 12.1 Å². The second kappa shape index (κ2) is 4.88. The standard InChI is InChI=1S/C11H21N5S/c1-15(2)11(5-4-6-11)8-16(3)7-9-13-14-10(12)17-9/h4-8H2,1-3H3,(H2,12,14). The third-order valence-corrected chi connectivity index (χ3v) is 4.42. The molecule has 0 unspecified atom stereocenters. The number of nitrogens with two attached hydrogens (primary N) is 1. The van der Waals surface area contributed by atoms with E-state index in [0.717, 1.165) is 18.1 Å². The Labute approximate surface area is 107 Å². The van der Waals surface area contributed by atoms with Crippen LogP contribution in [0.1, 0.15) is 24.3 Å². The highest BCUT2D eigenvalue weighted by molar-refractivity contribution is 7.15. The third-order valence-electron chi connectivity index (χ3n) is 3.68. The van der Waals surface area contributed by atoms with Crippen LogP contribution >= 0.6 is 11.3 Å². The van der Waals surface area contributed by atoms with Crippen molar-refractivity contribution in [2.45, 2.75) is 31.3 Å². The van der Waals surface area contributed by atoms with Crippen LogP contribution in [0.3, 0.4) is 0 Å². The minimum Gasteiger partial charge on any atom is -0.374 e. The minimum atomic E-state index is 0.366. The fourth-order valence-electron chi connectivity index (χ4n) is 2.45. The number of aromatic nitrogens is 2. The minimum absolute atomic E-state index is 0.366. The summed E-state index contributed by atoms with van der Waals surface area (Å²) in [5.74, 6) is 0. The highest BCUT2D eigenvalue weighted by atomic mass is 32.1. The molecule has 1 aliphatic rings. The van der Waals surface area contributed by atoms with Gasteiger partial charge in [-0.15, -0.1) is 10.2 Å². The maximum absolute atomic E-state index is 5.59. The zero-order chi connectivity index (χ0) is 12.5. The molecule has 0 atom stereocenters. The van der Waals surface area contributed by atoms with Crippen LogP contribution in [0.15, 0.2) is 0 Å². The maximum Gasteiger partial charge on any atom is 0.203 e. The van der Waals surface area contributed by atoms with Crippen LogP contribution in [-0.2, 0) is 6.54 Å². The van der Waals surface area contributed by atoms with E-state index in [-0.39, 0.29) is 0 Å². The first kappa shape index (κ1) is 12.7. The number of rotatable bonds is 5. The number of anilines is 1. The molecule has 0 aromatic carbocycles. The van der Waals surface area contributed by atoms with Gasteiger partial charge in [0.15, 0.2) is 0 Å². The lowest BCUT2D eigenvalue weighted by Gasteiger charge is -2.49. The molecule has 6 heteroatoms. The molecule has 0 radical (unpaired) electrons. The van der Waals surface area contributed by atoms with Gasteiger partial charge in [0.2, 0.25) is 5.13 Å². The first-order chi connectivity index (χ1) is 8.02. The Morgan fingerprint density at radius 1 is 1.29 bits per heavy atom. The number of hydrogen-bond acceptors (Lipinski definition) is 6. The van der Waals surface area contributed by atoms with Crippen molar-refractivity contribution in [2.75, 3.05) is 33.4 Å². The van der Waals surface area contributed by atoms with Gasteiger partial charge in [0.05, 0.1) is 6.54 Å². The zero-order valence-corrected chi connectivity index (χ0v) is 11.6. The average Bonchev–Trinajstić information content (AvgIpc) is 2.57. The van der Waals surface area contributed by atoms with E-state index in [4.69, 9.17) is 5.73 Å². The number of nitrogens with zero attached hydrogens (tertiary/aromatic N) is 4. The molecule has 96 valence electrons. The monoisotopic (exact) mass is 255 g/mol. The SMILES string of the molecule is CN(Cc1nnc(N)s1)CC1(N(C)C)CCC1. The van der Waals surface area contributed by atoms with Crippen molar-refractivity contribution in [3.63, 3.8) is 0 Å². The van der Waals surface area contributed by atoms with Gasteiger partial charge in [0.1, 0.15) is 5.01 Å². The van der Waals surface area contributed by atoms with Crippen molar-refractivity contribution in [3.05, 3.63) is 5.01 Å². The van der Waals surface area contributed by atoms with E-state index >= 15 is 0 Å². The molecule has 0 saturated heterocycles. The van der Waals surface area contributed by atoms with E-state index in [1.54, 1.807) is 0 Å². The Morgan fingerprint density at radius 3 is 2.41 bits per heavy atom. The van der Waals surface area contributed by atoms with E-state index in [9.17, 15) is 0 Å². The Morgan fingerprint density at radius 2 is 2.00 bits per heavy atom. The van der Waals surface area contributed by atoms with E-state index in [2.05, 4.69) is 41.1 Å². The van der Waals surface area contributed by atoms with Gasteiger partial charge in [-0.1, -0.05) is 11.3 Å². The summed E-state index contributed by atoms with van der Waals surface area (Å²) < 4.78 is 0. The van der Waals surface area contributed by atoms with Crippen molar-refractivity contribution in [2.24, 2.45) is 0 Å². The van der Waals surface area contributed by atoms with Crippen LogP contribution in [0.4, 0.5) is 5.13 Å². The molecule has 2 rings (SSSR count). The van der Waals surface area contributed by atoms with Crippen LogP contribution in [-0.4, -0.2) is 53.2 Å². The molecular weight excluding hydrogens is 234 g/mol. The Kier molecular flexibility index (Phi) is 3.65. The maximum atomic E-state index is 5.59.